The Morgan fingerprint density at radius 3 is 2.84 bits per heavy atom. The molecule has 0 unspecified atom stereocenters. The zero-order valence-electron chi connectivity index (χ0n) is 9.39. The topological polar surface area (TPSA) is 50.3 Å². The van der Waals surface area contributed by atoms with Crippen LogP contribution < -0.4 is 4.90 Å². The molecule has 1 aliphatic heterocycles. The second kappa shape index (κ2) is 4.50. The van der Waals surface area contributed by atoms with Crippen molar-refractivity contribution in [3.63, 3.8) is 0 Å². The number of carbonyl (C=O) groups excluding carboxylic acids is 2. The van der Waals surface area contributed by atoms with E-state index in [-0.39, 0.29) is 16.6 Å². The van der Waals surface area contributed by atoms with E-state index < -0.39 is 17.5 Å². The molecule has 0 N–H and O–H groups in total. The maximum Gasteiger partial charge on any atom is 0.299 e. The number of thiazole rings is 1. The van der Waals surface area contributed by atoms with Gasteiger partial charge in [0.1, 0.15) is 10.8 Å². The fourth-order valence-corrected chi connectivity index (χ4v) is 2.86. The second-order valence-electron chi connectivity index (χ2n) is 3.93. The van der Waals surface area contributed by atoms with Crippen molar-refractivity contribution in [3.05, 3.63) is 44.6 Å². The van der Waals surface area contributed by atoms with Gasteiger partial charge in [-0.05, 0) is 28.1 Å². The Morgan fingerprint density at radius 1 is 1.37 bits per heavy atom. The van der Waals surface area contributed by atoms with E-state index in [1.165, 1.54) is 28.4 Å². The molecule has 1 aromatic carbocycles. The Morgan fingerprint density at radius 2 is 2.16 bits per heavy atom. The van der Waals surface area contributed by atoms with Gasteiger partial charge in [0.25, 0.3) is 11.7 Å². The average Bonchev–Trinajstić information content (AvgIpc) is 2.96. The van der Waals surface area contributed by atoms with Crippen molar-refractivity contribution < 1.29 is 14.0 Å². The summed E-state index contributed by atoms with van der Waals surface area (Å²) in [6, 6.07) is 2.53. The maximum atomic E-state index is 13.6. The lowest BCUT2D eigenvalue weighted by Crippen LogP contribution is -2.29. The van der Waals surface area contributed by atoms with Crippen LogP contribution in [-0.4, -0.2) is 16.7 Å². The minimum atomic E-state index is -0.650. The van der Waals surface area contributed by atoms with E-state index in [1.54, 1.807) is 11.6 Å². The lowest BCUT2D eigenvalue weighted by Gasteiger charge is -2.14. The van der Waals surface area contributed by atoms with E-state index in [1.807, 2.05) is 0 Å². The molecule has 0 saturated heterocycles. The van der Waals surface area contributed by atoms with Crippen molar-refractivity contribution in [2.24, 2.45) is 0 Å². The smallest absolute Gasteiger partial charge is 0.298 e. The zero-order valence-corrected chi connectivity index (χ0v) is 11.8. The van der Waals surface area contributed by atoms with Gasteiger partial charge in [0.05, 0.1) is 22.3 Å². The van der Waals surface area contributed by atoms with Crippen LogP contribution in [0.25, 0.3) is 0 Å². The standard InChI is InChI=1S/C12H6BrFN2O2S/c13-7-3-6-9(4-8(7)14)16(12(18)11(6)17)5-10-15-1-2-19-10/h1-4H,5H2. The van der Waals surface area contributed by atoms with Crippen molar-refractivity contribution in [3.8, 4) is 0 Å². The molecule has 0 spiro atoms. The largest absolute Gasteiger partial charge is 0.299 e. The van der Waals surface area contributed by atoms with Crippen molar-refractivity contribution in [1.82, 2.24) is 4.98 Å². The monoisotopic (exact) mass is 340 g/mol. The lowest BCUT2D eigenvalue weighted by molar-refractivity contribution is -0.114. The normalized spacial score (nSPS) is 14.1. The number of anilines is 1. The van der Waals surface area contributed by atoms with Gasteiger partial charge < -0.3 is 0 Å². The predicted molar refractivity (Wildman–Crippen MR) is 71.7 cm³/mol. The number of carbonyl (C=O) groups is 2. The Labute approximate surface area is 120 Å². The van der Waals surface area contributed by atoms with Crippen LogP contribution in [0.3, 0.4) is 0 Å². The highest BCUT2D eigenvalue weighted by Gasteiger charge is 2.37. The first kappa shape index (κ1) is 12.4. The number of hydrogen-bond donors (Lipinski definition) is 0. The minimum absolute atomic E-state index is 0.170. The van der Waals surface area contributed by atoms with Gasteiger partial charge in [0.2, 0.25) is 0 Å². The van der Waals surface area contributed by atoms with Crippen molar-refractivity contribution in [1.29, 1.82) is 0 Å². The highest BCUT2D eigenvalue weighted by atomic mass is 79.9. The molecule has 7 heteroatoms. The minimum Gasteiger partial charge on any atom is -0.298 e. The van der Waals surface area contributed by atoms with Gasteiger partial charge in [0, 0.05) is 11.6 Å². The van der Waals surface area contributed by atoms with Crippen LogP contribution >= 0.6 is 27.3 Å². The fourth-order valence-electron chi connectivity index (χ4n) is 1.91. The van der Waals surface area contributed by atoms with Gasteiger partial charge >= 0.3 is 0 Å². The van der Waals surface area contributed by atoms with Crippen LogP contribution in [0.15, 0.2) is 28.2 Å². The van der Waals surface area contributed by atoms with E-state index in [0.29, 0.717) is 10.7 Å². The van der Waals surface area contributed by atoms with Crippen LogP contribution in [0.1, 0.15) is 15.4 Å². The van der Waals surface area contributed by atoms with Gasteiger partial charge in [-0.3, -0.25) is 14.5 Å². The summed E-state index contributed by atoms with van der Waals surface area (Å²) in [7, 11) is 0. The summed E-state index contributed by atoms with van der Waals surface area (Å²) >= 11 is 4.39. The number of ketones is 1. The molecule has 3 rings (SSSR count). The molecule has 2 aromatic rings. The Hall–Kier alpha value is -1.60. The number of Topliss-reactive ketones (excluding diaryl/α,β-unsaturated/α-hetero) is 1. The molecular weight excluding hydrogens is 335 g/mol. The van der Waals surface area contributed by atoms with E-state index in [9.17, 15) is 14.0 Å². The molecule has 0 saturated carbocycles. The second-order valence-corrected chi connectivity index (χ2v) is 5.76. The zero-order chi connectivity index (χ0) is 13.6. The summed E-state index contributed by atoms with van der Waals surface area (Å²) in [5.74, 6) is -1.78. The molecule has 1 amide bonds. The molecule has 1 aromatic heterocycles. The summed E-state index contributed by atoms with van der Waals surface area (Å²) < 4.78 is 13.7. The molecule has 2 heterocycles. The quantitative estimate of drug-likeness (QED) is 0.790. The summed E-state index contributed by atoms with van der Waals surface area (Å²) in [5, 5.41) is 2.47. The molecule has 0 bridgehead atoms. The van der Waals surface area contributed by atoms with Gasteiger partial charge in [-0.2, -0.15) is 0 Å². The molecule has 0 fully saturated rings. The third-order valence-corrected chi connectivity index (χ3v) is 4.16. The first-order chi connectivity index (χ1) is 9.08. The average molecular weight is 341 g/mol. The Balaban J connectivity index is 2.06. The van der Waals surface area contributed by atoms with Crippen LogP contribution in [0, 0.1) is 5.82 Å². The summed E-state index contributed by atoms with van der Waals surface area (Å²) in [6.45, 7) is 0.177. The molecule has 0 aliphatic carbocycles. The number of aromatic nitrogens is 1. The van der Waals surface area contributed by atoms with Gasteiger partial charge in [0.15, 0.2) is 0 Å². The van der Waals surface area contributed by atoms with E-state index in [4.69, 9.17) is 0 Å². The molecule has 0 atom stereocenters. The van der Waals surface area contributed by atoms with Crippen molar-refractivity contribution >= 4 is 44.6 Å². The first-order valence-corrected chi connectivity index (χ1v) is 6.99. The highest BCUT2D eigenvalue weighted by molar-refractivity contribution is 9.10. The van der Waals surface area contributed by atoms with Crippen LogP contribution in [0.4, 0.5) is 10.1 Å². The van der Waals surface area contributed by atoms with Crippen LogP contribution in [-0.2, 0) is 11.3 Å². The lowest BCUT2D eigenvalue weighted by atomic mass is 10.1. The molecule has 4 nitrogen and oxygen atoms in total. The summed E-state index contributed by atoms with van der Waals surface area (Å²) in [4.78, 5) is 29.1. The molecule has 0 radical (unpaired) electrons. The first-order valence-electron chi connectivity index (χ1n) is 5.31. The van der Waals surface area contributed by atoms with Crippen LogP contribution in [0.5, 0.6) is 0 Å². The number of benzene rings is 1. The number of hydrogen-bond acceptors (Lipinski definition) is 4. The van der Waals surface area contributed by atoms with Gasteiger partial charge in [-0.15, -0.1) is 11.3 Å². The number of halogens is 2. The third kappa shape index (κ3) is 1.98. The van der Waals surface area contributed by atoms with E-state index in [2.05, 4.69) is 20.9 Å². The van der Waals surface area contributed by atoms with Gasteiger partial charge in [-0.1, -0.05) is 0 Å². The SMILES string of the molecule is O=C1C(=O)N(Cc2nccs2)c2cc(F)c(Br)cc21. The maximum absolute atomic E-state index is 13.6. The molecular formula is C12H6BrFN2O2S. The van der Waals surface area contributed by atoms with E-state index in [0.717, 1.165) is 0 Å². The Bertz CT molecular complexity index is 687. The molecule has 1 aliphatic rings. The Kier molecular flexibility index (Phi) is 2.94. The third-order valence-electron chi connectivity index (χ3n) is 2.79. The van der Waals surface area contributed by atoms with Crippen molar-refractivity contribution in [2.75, 3.05) is 4.90 Å². The predicted octanol–water partition coefficient (Wildman–Crippen LogP) is 2.77. The number of amides is 1. The van der Waals surface area contributed by atoms with Crippen molar-refractivity contribution in [2.45, 2.75) is 6.54 Å². The molecule has 19 heavy (non-hydrogen) atoms. The van der Waals surface area contributed by atoms with Crippen LogP contribution in [0.2, 0.25) is 0 Å². The summed E-state index contributed by atoms with van der Waals surface area (Å²) in [6.07, 6.45) is 1.62. The molecule has 96 valence electrons. The number of fused-ring (bicyclic) bond motifs is 1. The fraction of sp³-hybridized carbons (Fsp3) is 0.0833. The van der Waals surface area contributed by atoms with E-state index >= 15 is 0 Å². The summed E-state index contributed by atoms with van der Waals surface area (Å²) in [5.41, 5.74) is 0.515. The highest BCUT2D eigenvalue weighted by Crippen LogP contribution is 2.34. The number of rotatable bonds is 2. The number of nitrogens with zero attached hydrogens (tertiary/aromatic N) is 2. The van der Waals surface area contributed by atoms with Gasteiger partial charge in [-0.25, -0.2) is 9.37 Å².